The first-order valence-corrected chi connectivity index (χ1v) is 6.97. The van der Waals surface area contributed by atoms with Crippen molar-refractivity contribution in [2.24, 2.45) is 0 Å². The van der Waals surface area contributed by atoms with Crippen LogP contribution < -0.4 is 4.74 Å². The minimum Gasteiger partial charge on any atom is -0.494 e. The Morgan fingerprint density at radius 3 is 2.95 bits per heavy atom. The standard InChI is InChI=1S/C14H8ClN3OS/c1-19-11-6-17-10-4-2-3-9(12(10)13(11)15)14-18-8(5-16)7-20-14/h2-4,6-7H,1H3. The number of aromatic nitrogens is 2. The fourth-order valence-electron chi connectivity index (χ4n) is 1.96. The van der Waals surface area contributed by atoms with Gasteiger partial charge < -0.3 is 4.74 Å². The third-order valence-corrected chi connectivity index (χ3v) is 4.12. The molecule has 0 aliphatic carbocycles. The van der Waals surface area contributed by atoms with Crippen LogP contribution in [0, 0.1) is 11.3 Å². The van der Waals surface area contributed by atoms with Gasteiger partial charge in [-0.3, -0.25) is 4.98 Å². The van der Waals surface area contributed by atoms with Crippen LogP contribution in [-0.2, 0) is 0 Å². The summed E-state index contributed by atoms with van der Waals surface area (Å²) in [5.41, 5.74) is 2.02. The van der Waals surface area contributed by atoms with Crippen LogP contribution in [0.15, 0.2) is 29.8 Å². The lowest BCUT2D eigenvalue weighted by Crippen LogP contribution is -1.90. The van der Waals surface area contributed by atoms with Gasteiger partial charge in [-0.25, -0.2) is 4.98 Å². The highest BCUT2D eigenvalue weighted by molar-refractivity contribution is 7.13. The van der Waals surface area contributed by atoms with Gasteiger partial charge in [0.15, 0.2) is 11.4 Å². The molecule has 0 fully saturated rings. The molecule has 2 aromatic heterocycles. The average Bonchev–Trinajstić information content (AvgIpc) is 2.96. The van der Waals surface area contributed by atoms with Crippen molar-refractivity contribution in [2.45, 2.75) is 0 Å². The Morgan fingerprint density at radius 1 is 1.40 bits per heavy atom. The second-order valence-corrected chi connectivity index (χ2v) is 5.23. The van der Waals surface area contributed by atoms with E-state index in [1.54, 1.807) is 18.7 Å². The number of nitrogens with zero attached hydrogens (tertiary/aromatic N) is 3. The second kappa shape index (κ2) is 5.08. The van der Waals surface area contributed by atoms with Gasteiger partial charge in [0.2, 0.25) is 0 Å². The van der Waals surface area contributed by atoms with E-state index in [0.29, 0.717) is 16.5 Å². The molecule has 0 aliphatic heterocycles. The summed E-state index contributed by atoms with van der Waals surface area (Å²) >= 11 is 7.79. The predicted octanol–water partition coefficient (Wildman–Crippen LogP) is 3.89. The summed E-state index contributed by atoms with van der Waals surface area (Å²) in [5, 5.41) is 12.6. The van der Waals surface area contributed by atoms with Gasteiger partial charge in [-0.15, -0.1) is 11.3 Å². The van der Waals surface area contributed by atoms with E-state index >= 15 is 0 Å². The van der Waals surface area contributed by atoms with Crippen LogP contribution >= 0.6 is 22.9 Å². The van der Waals surface area contributed by atoms with Crippen molar-refractivity contribution in [1.29, 1.82) is 5.26 Å². The zero-order valence-corrected chi connectivity index (χ0v) is 12.0. The quantitative estimate of drug-likeness (QED) is 0.720. The molecule has 2 heterocycles. The van der Waals surface area contributed by atoms with Gasteiger partial charge in [-0.05, 0) is 6.07 Å². The van der Waals surface area contributed by atoms with E-state index in [-0.39, 0.29) is 0 Å². The summed E-state index contributed by atoms with van der Waals surface area (Å²) in [6.07, 6.45) is 1.59. The SMILES string of the molecule is COc1cnc2cccc(-c3nc(C#N)cs3)c2c1Cl. The molecule has 0 atom stereocenters. The molecule has 20 heavy (non-hydrogen) atoms. The minimum atomic E-state index is 0.397. The molecular formula is C14H8ClN3OS. The van der Waals surface area contributed by atoms with Crippen LogP contribution in [0.1, 0.15) is 5.69 Å². The maximum Gasteiger partial charge on any atom is 0.156 e. The monoisotopic (exact) mass is 301 g/mol. The maximum absolute atomic E-state index is 8.88. The number of halogens is 1. The van der Waals surface area contributed by atoms with E-state index < -0.39 is 0 Å². The molecular weight excluding hydrogens is 294 g/mol. The summed E-state index contributed by atoms with van der Waals surface area (Å²) in [7, 11) is 1.55. The van der Waals surface area contributed by atoms with Crippen molar-refractivity contribution < 1.29 is 4.74 Å². The minimum absolute atomic E-state index is 0.397. The highest BCUT2D eigenvalue weighted by Crippen LogP contribution is 2.38. The molecule has 0 spiro atoms. The van der Waals surface area contributed by atoms with Crippen molar-refractivity contribution in [3.63, 3.8) is 0 Å². The van der Waals surface area contributed by atoms with Crippen molar-refractivity contribution in [3.8, 4) is 22.4 Å². The molecule has 3 aromatic rings. The van der Waals surface area contributed by atoms with Crippen LogP contribution in [0.4, 0.5) is 0 Å². The number of fused-ring (bicyclic) bond motifs is 1. The summed E-state index contributed by atoms with van der Waals surface area (Å²) in [6, 6.07) is 7.71. The number of rotatable bonds is 2. The molecule has 0 aliphatic rings. The van der Waals surface area contributed by atoms with Gasteiger partial charge >= 0.3 is 0 Å². The summed E-state index contributed by atoms with van der Waals surface area (Å²) in [5.74, 6) is 0.517. The first kappa shape index (κ1) is 12.9. The lowest BCUT2D eigenvalue weighted by Gasteiger charge is -2.08. The Balaban J connectivity index is 2.33. The number of thiazole rings is 1. The Kier molecular flexibility index (Phi) is 3.26. The van der Waals surface area contributed by atoms with Gasteiger partial charge in [-0.2, -0.15) is 5.26 Å². The largest absolute Gasteiger partial charge is 0.494 e. The fraction of sp³-hybridized carbons (Fsp3) is 0.0714. The molecule has 3 rings (SSSR count). The first-order valence-electron chi connectivity index (χ1n) is 5.72. The third-order valence-electron chi connectivity index (χ3n) is 2.87. The topological polar surface area (TPSA) is 58.8 Å². The Morgan fingerprint density at radius 2 is 2.25 bits per heavy atom. The molecule has 0 radical (unpaired) electrons. The Hall–Kier alpha value is -2.16. The second-order valence-electron chi connectivity index (χ2n) is 3.99. The number of ether oxygens (including phenoxy) is 1. The van der Waals surface area contributed by atoms with Crippen LogP contribution in [0.2, 0.25) is 5.02 Å². The molecule has 1 aromatic carbocycles. The van der Waals surface area contributed by atoms with E-state index in [2.05, 4.69) is 9.97 Å². The van der Waals surface area contributed by atoms with Crippen molar-refractivity contribution in [3.05, 3.63) is 40.5 Å². The summed E-state index contributed by atoms with van der Waals surface area (Å²) in [4.78, 5) is 8.60. The van der Waals surface area contributed by atoms with E-state index in [1.165, 1.54) is 11.3 Å². The van der Waals surface area contributed by atoms with Crippen LogP contribution in [-0.4, -0.2) is 17.1 Å². The fourth-order valence-corrected chi connectivity index (χ4v) is 3.06. The number of hydrogen-bond acceptors (Lipinski definition) is 5. The highest BCUT2D eigenvalue weighted by Gasteiger charge is 2.14. The van der Waals surface area contributed by atoms with E-state index in [0.717, 1.165) is 21.5 Å². The van der Waals surface area contributed by atoms with Crippen LogP contribution in [0.5, 0.6) is 5.75 Å². The lowest BCUT2D eigenvalue weighted by atomic mass is 10.1. The average molecular weight is 302 g/mol. The number of pyridine rings is 1. The molecule has 0 N–H and O–H groups in total. The zero-order chi connectivity index (χ0) is 14.1. The van der Waals surface area contributed by atoms with E-state index in [9.17, 15) is 0 Å². The van der Waals surface area contributed by atoms with Crippen LogP contribution in [0.3, 0.4) is 0 Å². The number of hydrogen-bond donors (Lipinski definition) is 0. The third kappa shape index (κ3) is 1.99. The molecule has 98 valence electrons. The van der Waals surface area contributed by atoms with Gasteiger partial charge in [0.25, 0.3) is 0 Å². The molecule has 0 saturated carbocycles. The number of nitriles is 1. The van der Waals surface area contributed by atoms with Gasteiger partial charge in [0.1, 0.15) is 11.1 Å². The van der Waals surface area contributed by atoms with Gasteiger partial charge in [0.05, 0.1) is 23.8 Å². The predicted molar refractivity (Wildman–Crippen MR) is 79.1 cm³/mol. The van der Waals surface area contributed by atoms with E-state index in [4.69, 9.17) is 21.6 Å². The zero-order valence-electron chi connectivity index (χ0n) is 10.4. The van der Waals surface area contributed by atoms with Gasteiger partial charge in [0, 0.05) is 16.3 Å². The Labute approximate surface area is 124 Å². The summed E-state index contributed by atoms with van der Waals surface area (Å²) < 4.78 is 5.21. The van der Waals surface area contributed by atoms with Gasteiger partial charge in [-0.1, -0.05) is 23.7 Å². The molecule has 6 heteroatoms. The molecule has 0 bridgehead atoms. The lowest BCUT2D eigenvalue weighted by molar-refractivity contribution is 0.414. The van der Waals surface area contributed by atoms with E-state index in [1.807, 2.05) is 24.3 Å². The molecule has 0 amide bonds. The number of methoxy groups -OCH3 is 1. The van der Waals surface area contributed by atoms with Crippen molar-refractivity contribution >= 4 is 33.8 Å². The molecule has 0 saturated heterocycles. The Bertz CT molecular complexity index is 838. The van der Waals surface area contributed by atoms with Crippen molar-refractivity contribution in [2.75, 3.05) is 7.11 Å². The normalized spacial score (nSPS) is 10.4. The summed E-state index contributed by atoms with van der Waals surface area (Å²) in [6.45, 7) is 0. The first-order chi connectivity index (χ1) is 9.74. The number of benzene rings is 1. The molecule has 0 unspecified atom stereocenters. The highest BCUT2D eigenvalue weighted by atomic mass is 35.5. The maximum atomic E-state index is 8.88. The van der Waals surface area contributed by atoms with Crippen LogP contribution in [0.25, 0.3) is 21.5 Å². The van der Waals surface area contributed by atoms with Crippen molar-refractivity contribution in [1.82, 2.24) is 9.97 Å². The molecule has 4 nitrogen and oxygen atoms in total. The smallest absolute Gasteiger partial charge is 0.156 e.